The second-order valence-electron chi connectivity index (χ2n) is 2.59. The highest BCUT2D eigenvalue weighted by Crippen LogP contribution is 2.04. The molecule has 0 spiro atoms. The highest BCUT2D eigenvalue weighted by Gasteiger charge is 2.00. The van der Waals surface area contributed by atoms with Gasteiger partial charge in [-0.25, -0.2) is 0 Å². The van der Waals surface area contributed by atoms with Crippen molar-refractivity contribution in [1.29, 1.82) is 5.26 Å². The van der Waals surface area contributed by atoms with Gasteiger partial charge in [0.25, 0.3) is 0 Å². The molecular formula is C9H8N2O2. The van der Waals surface area contributed by atoms with Gasteiger partial charge in [-0.1, -0.05) is 0 Å². The molecule has 0 saturated heterocycles. The van der Waals surface area contributed by atoms with Crippen LogP contribution in [0.3, 0.4) is 0 Å². The lowest BCUT2D eigenvalue weighted by atomic mass is 10.1. The topological polar surface area (TPSA) is 74.0 Å². The Bertz CT molecular complexity index is 355. The van der Waals surface area contributed by atoms with Crippen LogP contribution in [0.5, 0.6) is 0 Å². The van der Waals surface area contributed by atoms with Crippen LogP contribution in [-0.2, 0) is 11.2 Å². The van der Waals surface area contributed by atoms with Crippen LogP contribution in [0.15, 0.2) is 18.5 Å². The van der Waals surface area contributed by atoms with E-state index in [4.69, 9.17) is 10.4 Å². The molecule has 0 atom stereocenters. The third kappa shape index (κ3) is 2.91. The van der Waals surface area contributed by atoms with Crippen LogP contribution in [0.4, 0.5) is 0 Å². The van der Waals surface area contributed by atoms with Gasteiger partial charge in [0.1, 0.15) is 6.07 Å². The summed E-state index contributed by atoms with van der Waals surface area (Å²) in [6.07, 6.45) is 3.50. The van der Waals surface area contributed by atoms with Gasteiger partial charge in [-0.3, -0.25) is 9.78 Å². The van der Waals surface area contributed by atoms with Crippen LogP contribution in [0.1, 0.15) is 17.5 Å². The first-order valence-electron chi connectivity index (χ1n) is 3.78. The molecule has 0 amide bonds. The van der Waals surface area contributed by atoms with E-state index in [1.54, 1.807) is 12.3 Å². The Hall–Kier alpha value is -1.89. The van der Waals surface area contributed by atoms with Crippen molar-refractivity contribution in [3.8, 4) is 6.07 Å². The van der Waals surface area contributed by atoms with Crippen molar-refractivity contribution in [3.63, 3.8) is 0 Å². The molecule has 1 heterocycles. The van der Waals surface area contributed by atoms with Crippen LogP contribution < -0.4 is 0 Å². The molecule has 0 saturated carbocycles. The maximum atomic E-state index is 10.2. The number of nitrogens with zero attached hydrogens (tertiary/aromatic N) is 2. The van der Waals surface area contributed by atoms with E-state index in [0.717, 1.165) is 5.56 Å². The molecule has 0 aliphatic rings. The SMILES string of the molecule is N#Cc1cncc(CCC(=O)O)c1. The Morgan fingerprint density at radius 3 is 3.00 bits per heavy atom. The summed E-state index contributed by atoms with van der Waals surface area (Å²) < 4.78 is 0. The third-order valence-electron chi connectivity index (χ3n) is 1.55. The van der Waals surface area contributed by atoms with Crippen LogP contribution >= 0.6 is 0 Å². The zero-order valence-electron chi connectivity index (χ0n) is 6.90. The number of hydrogen-bond donors (Lipinski definition) is 1. The van der Waals surface area contributed by atoms with Crippen LogP contribution in [0.2, 0.25) is 0 Å². The van der Waals surface area contributed by atoms with E-state index in [2.05, 4.69) is 4.98 Å². The number of carbonyl (C=O) groups is 1. The smallest absolute Gasteiger partial charge is 0.303 e. The number of aliphatic carboxylic acids is 1. The van der Waals surface area contributed by atoms with E-state index >= 15 is 0 Å². The number of pyridine rings is 1. The fourth-order valence-electron chi connectivity index (χ4n) is 0.937. The Balaban J connectivity index is 2.68. The molecule has 0 fully saturated rings. The molecule has 0 aromatic carbocycles. The second-order valence-corrected chi connectivity index (χ2v) is 2.59. The molecule has 1 N–H and O–H groups in total. The Kier molecular flexibility index (Phi) is 2.98. The molecule has 0 radical (unpaired) electrons. The molecule has 1 aromatic heterocycles. The minimum absolute atomic E-state index is 0.0660. The van der Waals surface area contributed by atoms with Gasteiger partial charge >= 0.3 is 5.97 Å². The van der Waals surface area contributed by atoms with Gasteiger partial charge < -0.3 is 5.11 Å². The standard InChI is InChI=1S/C9H8N2O2/c10-4-8-3-7(5-11-6-8)1-2-9(12)13/h3,5-6H,1-2H2,(H,12,13). The predicted molar refractivity (Wildman–Crippen MR) is 44.9 cm³/mol. The molecule has 13 heavy (non-hydrogen) atoms. The average molecular weight is 176 g/mol. The van der Waals surface area contributed by atoms with E-state index in [1.807, 2.05) is 6.07 Å². The summed E-state index contributed by atoms with van der Waals surface area (Å²) >= 11 is 0. The summed E-state index contributed by atoms with van der Waals surface area (Å²) in [6.45, 7) is 0. The molecule has 0 aliphatic heterocycles. The quantitative estimate of drug-likeness (QED) is 0.744. The van der Waals surface area contributed by atoms with Crippen LogP contribution in [0.25, 0.3) is 0 Å². The molecule has 0 bridgehead atoms. The first-order valence-corrected chi connectivity index (χ1v) is 3.78. The first kappa shape index (κ1) is 9.20. The summed E-state index contributed by atoms with van der Waals surface area (Å²) in [5, 5.41) is 16.9. The van der Waals surface area contributed by atoms with Crippen molar-refractivity contribution in [3.05, 3.63) is 29.6 Å². The Morgan fingerprint density at radius 1 is 1.62 bits per heavy atom. The minimum atomic E-state index is -0.845. The predicted octanol–water partition coefficient (Wildman–Crippen LogP) is 0.970. The van der Waals surface area contributed by atoms with Gasteiger partial charge in [0.2, 0.25) is 0 Å². The highest BCUT2D eigenvalue weighted by atomic mass is 16.4. The minimum Gasteiger partial charge on any atom is -0.481 e. The van der Waals surface area contributed by atoms with Crippen molar-refractivity contribution in [2.75, 3.05) is 0 Å². The van der Waals surface area contributed by atoms with Crippen molar-refractivity contribution in [2.45, 2.75) is 12.8 Å². The number of carboxylic acids is 1. The largest absolute Gasteiger partial charge is 0.481 e. The van der Waals surface area contributed by atoms with Gasteiger partial charge in [-0.05, 0) is 18.1 Å². The van der Waals surface area contributed by atoms with Crippen LogP contribution in [0, 0.1) is 11.3 Å². The molecule has 0 aliphatic carbocycles. The lowest BCUT2D eigenvalue weighted by molar-refractivity contribution is -0.136. The number of rotatable bonds is 3. The monoisotopic (exact) mass is 176 g/mol. The van der Waals surface area contributed by atoms with Crippen molar-refractivity contribution in [1.82, 2.24) is 4.98 Å². The zero-order valence-corrected chi connectivity index (χ0v) is 6.90. The lowest BCUT2D eigenvalue weighted by Crippen LogP contribution is -1.98. The van der Waals surface area contributed by atoms with Crippen molar-refractivity contribution < 1.29 is 9.90 Å². The normalized spacial score (nSPS) is 9.15. The van der Waals surface area contributed by atoms with Gasteiger partial charge in [0, 0.05) is 18.8 Å². The summed E-state index contributed by atoms with van der Waals surface area (Å²) in [6, 6.07) is 3.59. The molecular weight excluding hydrogens is 168 g/mol. The molecule has 1 rings (SSSR count). The van der Waals surface area contributed by atoms with E-state index in [1.165, 1.54) is 6.20 Å². The fourth-order valence-corrected chi connectivity index (χ4v) is 0.937. The Labute approximate surface area is 75.5 Å². The number of hydrogen-bond acceptors (Lipinski definition) is 3. The molecule has 4 heteroatoms. The second kappa shape index (κ2) is 4.21. The zero-order chi connectivity index (χ0) is 9.68. The molecule has 66 valence electrons. The van der Waals surface area contributed by atoms with Gasteiger partial charge in [-0.2, -0.15) is 5.26 Å². The maximum Gasteiger partial charge on any atom is 0.303 e. The van der Waals surface area contributed by atoms with E-state index in [0.29, 0.717) is 12.0 Å². The van der Waals surface area contributed by atoms with Gasteiger partial charge in [0.05, 0.1) is 5.56 Å². The van der Waals surface area contributed by atoms with Crippen LogP contribution in [-0.4, -0.2) is 16.1 Å². The summed E-state index contributed by atoms with van der Waals surface area (Å²) in [4.78, 5) is 14.1. The molecule has 1 aromatic rings. The van der Waals surface area contributed by atoms with Gasteiger partial charge in [0.15, 0.2) is 0 Å². The fraction of sp³-hybridized carbons (Fsp3) is 0.222. The van der Waals surface area contributed by atoms with E-state index in [9.17, 15) is 4.79 Å². The van der Waals surface area contributed by atoms with E-state index in [-0.39, 0.29) is 6.42 Å². The van der Waals surface area contributed by atoms with E-state index < -0.39 is 5.97 Å². The summed E-state index contributed by atoms with van der Waals surface area (Å²) in [5.41, 5.74) is 1.24. The maximum absolute atomic E-state index is 10.2. The molecule has 4 nitrogen and oxygen atoms in total. The average Bonchev–Trinajstić information content (AvgIpc) is 2.15. The summed E-state index contributed by atoms with van der Waals surface area (Å²) in [5.74, 6) is -0.845. The first-order chi connectivity index (χ1) is 6.22. The summed E-state index contributed by atoms with van der Waals surface area (Å²) in [7, 11) is 0. The third-order valence-corrected chi connectivity index (χ3v) is 1.55. The van der Waals surface area contributed by atoms with Gasteiger partial charge in [-0.15, -0.1) is 0 Å². The number of nitriles is 1. The van der Waals surface area contributed by atoms with Crippen molar-refractivity contribution in [2.24, 2.45) is 0 Å². The Morgan fingerprint density at radius 2 is 2.38 bits per heavy atom. The lowest BCUT2D eigenvalue weighted by Gasteiger charge is -1.97. The molecule has 0 unspecified atom stereocenters. The highest BCUT2D eigenvalue weighted by molar-refractivity contribution is 5.67. The number of aryl methyl sites for hydroxylation is 1. The van der Waals surface area contributed by atoms with Crippen molar-refractivity contribution >= 4 is 5.97 Å². The number of aromatic nitrogens is 1. The number of carboxylic acid groups (broad SMARTS) is 1.